The summed E-state index contributed by atoms with van der Waals surface area (Å²) in [6.45, 7) is 3.14. The molecule has 0 saturated heterocycles. The largest absolute Gasteiger partial charge is 4.00 e. The standard InChI is InChI=1S/C12H11Si.2C5H5.2C2H5O.Zr/c1-3-7-11(8-4-1)13-12-9-5-2-6-10-12;2*1-2-4-5-3-1;2*1-2-3;/h1-10,13H;2*1-3H,4H2;2*2H2,1H3;/q;4*-1;+4. The summed E-state index contributed by atoms with van der Waals surface area (Å²) in [4.78, 5) is 0. The van der Waals surface area contributed by atoms with Gasteiger partial charge < -0.3 is 10.2 Å². The molecule has 155 valence electrons. The zero-order valence-corrected chi connectivity index (χ0v) is 21.6. The first-order chi connectivity index (χ1) is 14.3. The average Bonchev–Trinajstić information content (AvgIpc) is 3.50. The molecule has 0 aliphatic heterocycles. The molecular weight excluding hydrogens is 464 g/mol. The second kappa shape index (κ2) is 25.5. The summed E-state index contributed by atoms with van der Waals surface area (Å²) in [5.41, 5.74) is 0. The first kappa shape index (κ1) is 30.6. The third-order valence-corrected chi connectivity index (χ3v) is 4.54. The average molecular weight is 495 g/mol. The molecule has 0 spiro atoms. The molecule has 0 aromatic heterocycles. The normalized spacial score (nSPS) is 11.3. The Balaban J connectivity index is 0. The van der Waals surface area contributed by atoms with E-state index in [9.17, 15) is 0 Å². The van der Waals surface area contributed by atoms with Crippen LogP contribution in [0.25, 0.3) is 0 Å². The predicted molar refractivity (Wildman–Crippen MR) is 124 cm³/mol. The Morgan fingerprint density at radius 2 is 1.03 bits per heavy atom. The van der Waals surface area contributed by atoms with Crippen molar-refractivity contribution in [3.63, 3.8) is 0 Å². The SMILES string of the molecule is CC[O-].CC[O-].[C-]1=CC=CC1.[C-]1=CC=CC1.[Zr+4].c1ccc([SiH]c2ccccc2)cc1. The first-order valence-electron chi connectivity index (χ1n) is 9.82. The van der Waals surface area contributed by atoms with Gasteiger partial charge in [-0.05, 0) is 0 Å². The maximum Gasteiger partial charge on any atom is 4.00 e. The molecule has 30 heavy (non-hydrogen) atoms. The van der Waals surface area contributed by atoms with Crippen LogP contribution in [-0.2, 0) is 26.2 Å². The molecule has 4 heteroatoms. The Morgan fingerprint density at radius 3 is 1.23 bits per heavy atom. The van der Waals surface area contributed by atoms with Gasteiger partial charge in [-0.25, -0.2) is 24.3 Å². The van der Waals surface area contributed by atoms with Gasteiger partial charge in [0, 0.05) is 0 Å². The third kappa shape index (κ3) is 21.1. The molecule has 0 saturated carbocycles. The fourth-order valence-corrected chi connectivity index (χ4v) is 3.19. The van der Waals surface area contributed by atoms with Crippen molar-refractivity contribution in [3.05, 3.63) is 109 Å². The topological polar surface area (TPSA) is 46.1 Å². The van der Waals surface area contributed by atoms with E-state index in [1.807, 2.05) is 24.3 Å². The first-order valence-corrected chi connectivity index (χ1v) is 11.0. The maximum atomic E-state index is 8.93. The van der Waals surface area contributed by atoms with Crippen LogP contribution in [0.4, 0.5) is 0 Å². The minimum atomic E-state index is 0. The van der Waals surface area contributed by atoms with E-state index in [-0.39, 0.29) is 48.9 Å². The number of rotatable bonds is 2. The maximum absolute atomic E-state index is 8.93. The van der Waals surface area contributed by atoms with E-state index in [1.54, 1.807) is 13.8 Å². The van der Waals surface area contributed by atoms with Crippen LogP contribution in [-0.4, -0.2) is 22.7 Å². The Labute approximate surface area is 204 Å². The van der Waals surface area contributed by atoms with E-state index in [2.05, 4.69) is 85.0 Å². The van der Waals surface area contributed by atoms with E-state index in [1.165, 1.54) is 10.4 Å². The van der Waals surface area contributed by atoms with Crippen molar-refractivity contribution < 1.29 is 36.4 Å². The molecule has 0 fully saturated rings. The van der Waals surface area contributed by atoms with Crippen LogP contribution < -0.4 is 20.6 Å². The summed E-state index contributed by atoms with van der Waals surface area (Å²) in [7, 11) is 0.271. The van der Waals surface area contributed by atoms with Crippen LogP contribution in [0.5, 0.6) is 0 Å². The molecule has 2 nitrogen and oxygen atoms in total. The molecule has 0 heterocycles. The fraction of sp³-hybridized carbons (Fsp3) is 0.231. The summed E-state index contributed by atoms with van der Waals surface area (Å²) in [6.07, 6.45) is 20.0. The van der Waals surface area contributed by atoms with Gasteiger partial charge in [-0.3, -0.25) is 12.2 Å². The van der Waals surface area contributed by atoms with E-state index in [0.717, 1.165) is 12.8 Å². The molecule has 0 amide bonds. The zero-order valence-electron chi connectivity index (χ0n) is 18.0. The number of hydrogen-bond acceptors (Lipinski definition) is 2. The second-order valence-electron chi connectivity index (χ2n) is 5.55. The van der Waals surface area contributed by atoms with Crippen molar-refractivity contribution >= 4 is 19.9 Å². The van der Waals surface area contributed by atoms with Gasteiger partial charge in [0.15, 0.2) is 0 Å². The molecular formula is C26H31O2SiZr. The molecule has 2 aliphatic carbocycles. The monoisotopic (exact) mass is 493 g/mol. The van der Waals surface area contributed by atoms with Gasteiger partial charge >= 0.3 is 26.2 Å². The van der Waals surface area contributed by atoms with Crippen molar-refractivity contribution in [1.29, 1.82) is 0 Å². The molecule has 2 aliphatic rings. The molecule has 0 bridgehead atoms. The minimum absolute atomic E-state index is 0. The second-order valence-corrected chi connectivity index (χ2v) is 7.17. The predicted octanol–water partition coefficient (Wildman–Crippen LogP) is 2.42. The summed E-state index contributed by atoms with van der Waals surface area (Å²) < 4.78 is 0. The summed E-state index contributed by atoms with van der Waals surface area (Å²) in [5.74, 6) is 0. The number of hydrogen-bond donors (Lipinski definition) is 0. The summed E-state index contributed by atoms with van der Waals surface area (Å²) in [5, 5.41) is 20.8. The Kier molecular flexibility index (Phi) is 26.0. The van der Waals surface area contributed by atoms with Crippen LogP contribution >= 0.6 is 0 Å². The van der Waals surface area contributed by atoms with Crippen LogP contribution in [0.2, 0.25) is 0 Å². The van der Waals surface area contributed by atoms with E-state index >= 15 is 0 Å². The van der Waals surface area contributed by atoms with Crippen LogP contribution in [0.15, 0.2) is 97.1 Å². The van der Waals surface area contributed by atoms with E-state index < -0.39 is 0 Å². The van der Waals surface area contributed by atoms with Crippen molar-refractivity contribution in [2.45, 2.75) is 26.7 Å². The smallest absolute Gasteiger partial charge is 0.855 e. The van der Waals surface area contributed by atoms with E-state index in [4.69, 9.17) is 10.2 Å². The molecule has 4 rings (SSSR count). The Hall–Kier alpha value is -1.58. The van der Waals surface area contributed by atoms with Gasteiger partial charge in [-0.1, -0.05) is 84.9 Å². The van der Waals surface area contributed by atoms with Crippen molar-refractivity contribution in [1.82, 2.24) is 0 Å². The summed E-state index contributed by atoms with van der Waals surface area (Å²) >= 11 is 0. The minimum Gasteiger partial charge on any atom is -0.855 e. The van der Waals surface area contributed by atoms with Gasteiger partial charge in [-0.15, -0.1) is 26.1 Å². The van der Waals surface area contributed by atoms with E-state index in [0.29, 0.717) is 0 Å². The quantitative estimate of drug-likeness (QED) is 0.475. The molecule has 1 radical (unpaired) electrons. The van der Waals surface area contributed by atoms with Crippen LogP contribution in [0.3, 0.4) is 0 Å². The van der Waals surface area contributed by atoms with Gasteiger partial charge in [0.2, 0.25) is 0 Å². The van der Waals surface area contributed by atoms with Gasteiger partial charge in [0.25, 0.3) is 0 Å². The van der Waals surface area contributed by atoms with Crippen molar-refractivity contribution in [2.24, 2.45) is 0 Å². The zero-order chi connectivity index (χ0) is 21.4. The molecule has 0 unspecified atom stereocenters. The molecule has 0 N–H and O–H groups in total. The fourth-order valence-electron chi connectivity index (χ4n) is 1.97. The van der Waals surface area contributed by atoms with Gasteiger partial charge in [-0.2, -0.15) is 12.2 Å². The number of benzene rings is 2. The molecule has 2 aromatic carbocycles. The Morgan fingerprint density at radius 1 is 0.700 bits per heavy atom. The number of allylic oxidation sites excluding steroid dienone is 8. The summed E-state index contributed by atoms with van der Waals surface area (Å²) in [6, 6.07) is 21.3. The van der Waals surface area contributed by atoms with Crippen LogP contribution in [0.1, 0.15) is 26.7 Å². The third-order valence-electron chi connectivity index (χ3n) is 3.10. The Bertz CT molecular complexity index is 614. The van der Waals surface area contributed by atoms with Crippen molar-refractivity contribution in [2.75, 3.05) is 13.2 Å². The van der Waals surface area contributed by atoms with Gasteiger partial charge in [0.05, 0.1) is 0 Å². The molecule has 0 atom stereocenters. The van der Waals surface area contributed by atoms with Gasteiger partial charge in [0.1, 0.15) is 9.52 Å². The van der Waals surface area contributed by atoms with Crippen LogP contribution in [0, 0.1) is 12.2 Å². The molecule has 2 aromatic rings. The van der Waals surface area contributed by atoms with Crippen molar-refractivity contribution in [3.8, 4) is 0 Å².